The number of rotatable bonds is 2. The number of fused-ring (bicyclic) bond motifs is 1. The second kappa shape index (κ2) is 5.27. The summed E-state index contributed by atoms with van der Waals surface area (Å²) >= 11 is 1.09. The van der Waals surface area contributed by atoms with Crippen LogP contribution in [0.5, 0.6) is 0 Å². The monoisotopic (exact) mass is 315 g/mol. The lowest BCUT2D eigenvalue weighted by molar-refractivity contribution is 0.129. The molecule has 3 rings (SSSR count). The van der Waals surface area contributed by atoms with Crippen LogP contribution >= 0.6 is 11.3 Å². The van der Waals surface area contributed by atoms with Crippen LogP contribution in [-0.4, -0.2) is 30.3 Å². The molecule has 0 bridgehead atoms. The molecule has 20 heavy (non-hydrogen) atoms. The van der Waals surface area contributed by atoms with Crippen molar-refractivity contribution in [1.82, 2.24) is 9.29 Å². The molecule has 7 heteroatoms. The zero-order valence-electron chi connectivity index (χ0n) is 11.7. The first-order valence-corrected chi connectivity index (χ1v) is 9.50. The number of nitrogen functional groups attached to an aromatic ring is 1. The summed E-state index contributed by atoms with van der Waals surface area (Å²) in [7, 11) is -3.43. The molecule has 1 aromatic rings. The van der Waals surface area contributed by atoms with Gasteiger partial charge in [0.15, 0.2) is 9.34 Å². The Morgan fingerprint density at radius 1 is 1.25 bits per heavy atom. The summed E-state index contributed by atoms with van der Waals surface area (Å²) in [4.78, 5) is 4.07. The highest BCUT2D eigenvalue weighted by atomic mass is 32.2. The van der Waals surface area contributed by atoms with Crippen molar-refractivity contribution in [3.63, 3.8) is 0 Å². The van der Waals surface area contributed by atoms with Crippen LogP contribution in [0, 0.1) is 12.8 Å². The Hall–Kier alpha value is -0.660. The maximum atomic E-state index is 12.9. The largest absolute Gasteiger partial charge is 0.375 e. The fourth-order valence-electron chi connectivity index (χ4n) is 3.63. The van der Waals surface area contributed by atoms with Crippen molar-refractivity contribution in [2.24, 2.45) is 5.92 Å². The Bertz CT molecular complexity index is 595. The zero-order valence-corrected chi connectivity index (χ0v) is 13.3. The van der Waals surface area contributed by atoms with Gasteiger partial charge >= 0.3 is 0 Å². The second-order valence-electron chi connectivity index (χ2n) is 5.79. The molecular formula is C13H21N3O2S2. The third-order valence-corrected chi connectivity index (χ3v) is 8.00. The van der Waals surface area contributed by atoms with Gasteiger partial charge in [0.1, 0.15) is 0 Å². The van der Waals surface area contributed by atoms with Crippen molar-refractivity contribution in [2.75, 3.05) is 12.3 Å². The normalized spacial score (nSPS) is 28.2. The number of piperidine rings is 1. The Balaban J connectivity index is 1.95. The van der Waals surface area contributed by atoms with E-state index in [-0.39, 0.29) is 6.04 Å². The van der Waals surface area contributed by atoms with E-state index in [0.29, 0.717) is 27.5 Å². The predicted molar refractivity (Wildman–Crippen MR) is 80.1 cm³/mol. The molecule has 1 saturated heterocycles. The summed E-state index contributed by atoms with van der Waals surface area (Å²) in [6.07, 6.45) is 6.67. The van der Waals surface area contributed by atoms with Crippen LogP contribution < -0.4 is 5.73 Å². The van der Waals surface area contributed by atoms with Gasteiger partial charge < -0.3 is 5.73 Å². The van der Waals surface area contributed by atoms with Crippen molar-refractivity contribution < 1.29 is 8.42 Å². The van der Waals surface area contributed by atoms with E-state index in [0.717, 1.165) is 30.6 Å². The lowest BCUT2D eigenvalue weighted by atomic mass is 9.79. The van der Waals surface area contributed by atoms with E-state index in [4.69, 9.17) is 5.73 Å². The molecule has 1 saturated carbocycles. The van der Waals surface area contributed by atoms with Crippen LogP contribution in [0.25, 0.3) is 0 Å². The molecule has 5 nitrogen and oxygen atoms in total. The van der Waals surface area contributed by atoms with Crippen molar-refractivity contribution in [3.8, 4) is 0 Å². The average molecular weight is 315 g/mol. The van der Waals surface area contributed by atoms with Gasteiger partial charge in [0.25, 0.3) is 10.0 Å². The van der Waals surface area contributed by atoms with Gasteiger partial charge in [-0.15, -0.1) is 0 Å². The Morgan fingerprint density at radius 3 is 2.65 bits per heavy atom. The van der Waals surface area contributed by atoms with Crippen LogP contribution in [0.1, 0.15) is 44.2 Å². The SMILES string of the molecule is Cc1nc(N)sc1S(=O)(=O)N1CCCC2CCCCC21. The molecule has 2 heterocycles. The number of anilines is 1. The van der Waals surface area contributed by atoms with Gasteiger partial charge in [-0.3, -0.25) is 0 Å². The van der Waals surface area contributed by atoms with Crippen LogP contribution in [0.3, 0.4) is 0 Å². The van der Waals surface area contributed by atoms with Crippen LogP contribution in [0.2, 0.25) is 0 Å². The Morgan fingerprint density at radius 2 is 1.95 bits per heavy atom. The molecule has 112 valence electrons. The maximum absolute atomic E-state index is 12.9. The summed E-state index contributed by atoms with van der Waals surface area (Å²) in [5, 5.41) is 0.332. The molecule has 1 aromatic heterocycles. The first-order valence-electron chi connectivity index (χ1n) is 7.25. The van der Waals surface area contributed by atoms with Crippen LogP contribution in [0.15, 0.2) is 4.21 Å². The molecule has 1 aliphatic heterocycles. The van der Waals surface area contributed by atoms with Crippen LogP contribution in [-0.2, 0) is 10.0 Å². The number of nitrogens with zero attached hydrogens (tertiary/aromatic N) is 2. The lowest BCUT2D eigenvalue weighted by Gasteiger charge is -2.42. The van der Waals surface area contributed by atoms with Crippen molar-refractivity contribution in [3.05, 3.63) is 5.69 Å². The molecule has 1 aliphatic carbocycles. The number of hydrogen-bond acceptors (Lipinski definition) is 5. The first-order chi connectivity index (χ1) is 9.50. The molecule has 0 radical (unpaired) electrons. The van der Waals surface area contributed by atoms with Gasteiger partial charge in [-0.1, -0.05) is 24.2 Å². The van der Waals surface area contributed by atoms with Crippen molar-refractivity contribution >= 4 is 26.5 Å². The maximum Gasteiger partial charge on any atom is 0.254 e. The molecule has 0 spiro atoms. The van der Waals surface area contributed by atoms with Crippen molar-refractivity contribution in [2.45, 2.75) is 55.7 Å². The third kappa shape index (κ3) is 2.35. The molecule has 2 unspecified atom stereocenters. The van der Waals surface area contributed by atoms with E-state index in [1.54, 1.807) is 11.2 Å². The van der Waals surface area contributed by atoms with E-state index in [1.165, 1.54) is 19.3 Å². The lowest BCUT2D eigenvalue weighted by Crippen LogP contribution is -2.49. The molecule has 2 atom stereocenters. The minimum atomic E-state index is -3.43. The molecular weight excluding hydrogens is 294 g/mol. The van der Waals surface area contributed by atoms with E-state index in [9.17, 15) is 8.42 Å². The summed E-state index contributed by atoms with van der Waals surface area (Å²) in [6.45, 7) is 2.36. The summed E-state index contributed by atoms with van der Waals surface area (Å²) in [5.41, 5.74) is 6.19. The van der Waals surface area contributed by atoms with E-state index in [1.807, 2.05) is 0 Å². The van der Waals surface area contributed by atoms with Gasteiger partial charge in [0, 0.05) is 12.6 Å². The van der Waals surface area contributed by atoms with E-state index < -0.39 is 10.0 Å². The minimum absolute atomic E-state index is 0.185. The molecule has 2 N–H and O–H groups in total. The predicted octanol–water partition coefficient (Wildman–Crippen LogP) is 2.38. The van der Waals surface area contributed by atoms with Gasteiger partial charge in [0.05, 0.1) is 5.69 Å². The quantitative estimate of drug-likeness (QED) is 0.909. The highest BCUT2D eigenvalue weighted by molar-refractivity contribution is 7.91. The molecule has 0 aromatic carbocycles. The number of thiazole rings is 1. The van der Waals surface area contributed by atoms with E-state index in [2.05, 4.69) is 4.98 Å². The van der Waals surface area contributed by atoms with Crippen LogP contribution in [0.4, 0.5) is 5.13 Å². The number of aryl methyl sites for hydroxylation is 1. The summed E-state index contributed by atoms with van der Waals surface area (Å²) in [6, 6.07) is 0.185. The smallest absolute Gasteiger partial charge is 0.254 e. The summed E-state index contributed by atoms with van der Waals surface area (Å²) < 4.78 is 27.9. The zero-order chi connectivity index (χ0) is 14.3. The molecule has 2 fully saturated rings. The standard InChI is InChI=1S/C13H21N3O2S2/c1-9-12(19-13(14)15-9)20(17,18)16-8-4-6-10-5-2-3-7-11(10)16/h10-11H,2-8H2,1H3,(H2,14,15). The van der Waals surface area contributed by atoms with Gasteiger partial charge in [-0.05, 0) is 38.5 Å². The van der Waals surface area contributed by atoms with Gasteiger partial charge in [-0.25, -0.2) is 13.4 Å². The number of nitrogens with two attached hydrogens (primary N) is 1. The van der Waals surface area contributed by atoms with Crippen molar-refractivity contribution in [1.29, 1.82) is 0 Å². The van der Waals surface area contributed by atoms with E-state index >= 15 is 0 Å². The van der Waals surface area contributed by atoms with Gasteiger partial charge in [-0.2, -0.15) is 4.31 Å². The topological polar surface area (TPSA) is 76.3 Å². The Labute approximate surface area is 124 Å². The fraction of sp³-hybridized carbons (Fsp3) is 0.769. The minimum Gasteiger partial charge on any atom is -0.375 e. The average Bonchev–Trinajstić information content (AvgIpc) is 2.78. The van der Waals surface area contributed by atoms with Gasteiger partial charge in [0.2, 0.25) is 0 Å². The highest BCUT2D eigenvalue weighted by Gasteiger charge is 2.41. The third-order valence-electron chi connectivity index (χ3n) is 4.51. The Kier molecular flexibility index (Phi) is 3.77. The molecule has 0 amide bonds. The molecule has 2 aliphatic rings. The number of aromatic nitrogens is 1. The summed E-state index contributed by atoms with van der Waals surface area (Å²) in [5.74, 6) is 0.540. The fourth-order valence-corrected chi connectivity index (χ4v) is 6.79. The number of sulfonamides is 1. The first kappa shape index (κ1) is 14.3. The highest BCUT2D eigenvalue weighted by Crippen LogP contribution is 2.39. The number of hydrogen-bond donors (Lipinski definition) is 1. The second-order valence-corrected chi connectivity index (χ2v) is 8.91.